The highest BCUT2D eigenvalue weighted by Crippen LogP contribution is 2.29. The second-order valence-corrected chi connectivity index (χ2v) is 5.70. The lowest BCUT2D eigenvalue weighted by Crippen LogP contribution is -2.17. The fourth-order valence-corrected chi connectivity index (χ4v) is 2.57. The van der Waals surface area contributed by atoms with E-state index >= 15 is 0 Å². The first-order chi connectivity index (χ1) is 9.10. The second kappa shape index (κ2) is 6.04. The molecule has 1 unspecified atom stereocenters. The highest BCUT2D eigenvalue weighted by molar-refractivity contribution is 7.11. The Balaban J connectivity index is 2.01. The van der Waals surface area contributed by atoms with Crippen molar-refractivity contribution in [2.45, 2.75) is 26.4 Å². The van der Waals surface area contributed by atoms with Crippen molar-refractivity contribution in [2.75, 3.05) is 7.11 Å². The van der Waals surface area contributed by atoms with Crippen LogP contribution in [0.4, 0.5) is 0 Å². The molecule has 0 aliphatic rings. The summed E-state index contributed by atoms with van der Waals surface area (Å²) in [6, 6.07) is 5.58. The summed E-state index contributed by atoms with van der Waals surface area (Å²) in [5.74, 6) is 0.663. The number of thiazole rings is 1. The Bertz CT molecular complexity index is 554. The van der Waals surface area contributed by atoms with E-state index in [2.05, 4.69) is 17.2 Å². The van der Waals surface area contributed by atoms with Crippen LogP contribution in [0.1, 0.15) is 28.4 Å². The molecule has 0 bridgehead atoms. The Morgan fingerprint density at radius 1 is 1.47 bits per heavy atom. The number of phenols is 1. The standard InChI is InChI=1S/C14H18N2O2S/c1-9(15-7-12-8-16-10(2)19-12)11-4-5-13(17)14(6-11)18-3/h4-6,8-9,15,17H,7H2,1-3H3. The molecular weight excluding hydrogens is 260 g/mol. The van der Waals surface area contributed by atoms with Crippen LogP contribution in [0.25, 0.3) is 0 Å². The summed E-state index contributed by atoms with van der Waals surface area (Å²) in [4.78, 5) is 5.45. The van der Waals surface area contributed by atoms with E-state index in [1.54, 1.807) is 24.5 Å². The molecule has 5 heteroatoms. The molecule has 4 nitrogen and oxygen atoms in total. The zero-order valence-corrected chi connectivity index (χ0v) is 12.1. The predicted octanol–water partition coefficient (Wildman–Crippen LogP) is 3.02. The fraction of sp³-hybridized carbons (Fsp3) is 0.357. The van der Waals surface area contributed by atoms with Gasteiger partial charge in [-0.1, -0.05) is 6.07 Å². The zero-order valence-electron chi connectivity index (χ0n) is 11.3. The van der Waals surface area contributed by atoms with Gasteiger partial charge in [-0.25, -0.2) is 4.98 Å². The Hall–Kier alpha value is -1.59. The van der Waals surface area contributed by atoms with E-state index in [0.29, 0.717) is 5.75 Å². The maximum absolute atomic E-state index is 9.58. The van der Waals surface area contributed by atoms with E-state index < -0.39 is 0 Å². The van der Waals surface area contributed by atoms with Crippen LogP contribution in [0, 0.1) is 6.92 Å². The number of nitrogens with zero attached hydrogens (tertiary/aromatic N) is 1. The van der Waals surface area contributed by atoms with Gasteiger partial charge < -0.3 is 15.2 Å². The molecule has 1 aromatic carbocycles. The highest BCUT2D eigenvalue weighted by atomic mass is 32.1. The van der Waals surface area contributed by atoms with E-state index in [1.807, 2.05) is 25.3 Å². The number of benzene rings is 1. The third-order valence-electron chi connectivity index (χ3n) is 2.96. The van der Waals surface area contributed by atoms with Gasteiger partial charge in [0, 0.05) is 23.7 Å². The largest absolute Gasteiger partial charge is 0.504 e. The number of rotatable bonds is 5. The molecule has 1 aromatic heterocycles. The van der Waals surface area contributed by atoms with Crippen LogP contribution in [0.3, 0.4) is 0 Å². The Kier molecular flexibility index (Phi) is 4.39. The van der Waals surface area contributed by atoms with Crippen LogP contribution in [-0.4, -0.2) is 17.2 Å². The van der Waals surface area contributed by atoms with Gasteiger partial charge in [0.1, 0.15) is 0 Å². The summed E-state index contributed by atoms with van der Waals surface area (Å²) in [7, 11) is 1.55. The monoisotopic (exact) mass is 278 g/mol. The van der Waals surface area contributed by atoms with E-state index in [1.165, 1.54) is 4.88 Å². The second-order valence-electron chi connectivity index (χ2n) is 4.38. The molecule has 1 atom stereocenters. The Morgan fingerprint density at radius 3 is 2.89 bits per heavy atom. The van der Waals surface area contributed by atoms with Crippen molar-refractivity contribution in [2.24, 2.45) is 0 Å². The van der Waals surface area contributed by atoms with Crippen molar-refractivity contribution in [3.05, 3.63) is 39.8 Å². The maximum atomic E-state index is 9.58. The fourth-order valence-electron chi connectivity index (χ4n) is 1.82. The van der Waals surface area contributed by atoms with Crippen LogP contribution >= 0.6 is 11.3 Å². The number of aryl methyl sites for hydroxylation is 1. The van der Waals surface area contributed by atoms with Crippen molar-refractivity contribution < 1.29 is 9.84 Å². The van der Waals surface area contributed by atoms with E-state index in [0.717, 1.165) is 17.1 Å². The van der Waals surface area contributed by atoms with Gasteiger partial charge in [-0.15, -0.1) is 11.3 Å². The van der Waals surface area contributed by atoms with Crippen molar-refractivity contribution in [3.8, 4) is 11.5 Å². The number of hydrogen-bond donors (Lipinski definition) is 2. The normalized spacial score (nSPS) is 12.4. The lowest BCUT2D eigenvalue weighted by atomic mass is 10.1. The average molecular weight is 278 g/mol. The molecule has 0 fully saturated rings. The van der Waals surface area contributed by atoms with Crippen molar-refractivity contribution in [3.63, 3.8) is 0 Å². The average Bonchev–Trinajstić information content (AvgIpc) is 2.82. The molecule has 2 N–H and O–H groups in total. The van der Waals surface area contributed by atoms with Gasteiger partial charge in [0.25, 0.3) is 0 Å². The third-order valence-corrected chi connectivity index (χ3v) is 3.87. The van der Waals surface area contributed by atoms with Gasteiger partial charge in [0.15, 0.2) is 11.5 Å². The van der Waals surface area contributed by atoms with Crippen molar-refractivity contribution >= 4 is 11.3 Å². The number of aromatic hydroxyl groups is 1. The van der Waals surface area contributed by atoms with Gasteiger partial charge in [0.2, 0.25) is 0 Å². The van der Waals surface area contributed by atoms with Crippen LogP contribution in [0.15, 0.2) is 24.4 Å². The van der Waals surface area contributed by atoms with Crippen molar-refractivity contribution in [1.82, 2.24) is 10.3 Å². The van der Waals surface area contributed by atoms with Gasteiger partial charge in [-0.2, -0.15) is 0 Å². The van der Waals surface area contributed by atoms with Crippen LogP contribution < -0.4 is 10.1 Å². The minimum absolute atomic E-state index is 0.163. The van der Waals surface area contributed by atoms with E-state index in [9.17, 15) is 5.11 Å². The van der Waals surface area contributed by atoms with Gasteiger partial charge in [-0.05, 0) is 31.5 Å². The lowest BCUT2D eigenvalue weighted by molar-refractivity contribution is 0.372. The molecule has 1 heterocycles. The lowest BCUT2D eigenvalue weighted by Gasteiger charge is -2.15. The first-order valence-electron chi connectivity index (χ1n) is 6.11. The van der Waals surface area contributed by atoms with Gasteiger partial charge in [0.05, 0.1) is 12.1 Å². The number of nitrogens with one attached hydrogen (secondary N) is 1. The highest BCUT2D eigenvalue weighted by Gasteiger charge is 2.09. The molecule has 0 spiro atoms. The molecule has 0 amide bonds. The number of ether oxygens (including phenoxy) is 1. The molecule has 0 radical (unpaired) electrons. The molecule has 0 aliphatic heterocycles. The third kappa shape index (κ3) is 3.45. The molecule has 102 valence electrons. The molecule has 19 heavy (non-hydrogen) atoms. The smallest absolute Gasteiger partial charge is 0.160 e. The van der Waals surface area contributed by atoms with Gasteiger partial charge >= 0.3 is 0 Å². The summed E-state index contributed by atoms with van der Waals surface area (Å²) in [5.41, 5.74) is 1.08. The molecule has 0 saturated carbocycles. The molecular formula is C14H18N2O2S. The topological polar surface area (TPSA) is 54.4 Å². The Labute approximate surface area is 117 Å². The quantitative estimate of drug-likeness (QED) is 0.882. The predicted molar refractivity (Wildman–Crippen MR) is 76.8 cm³/mol. The minimum atomic E-state index is 0.163. The SMILES string of the molecule is COc1cc(C(C)NCc2cnc(C)s2)ccc1O. The number of hydrogen-bond acceptors (Lipinski definition) is 5. The van der Waals surface area contributed by atoms with E-state index in [4.69, 9.17) is 4.74 Å². The first-order valence-corrected chi connectivity index (χ1v) is 6.93. The number of aromatic nitrogens is 1. The van der Waals surface area contributed by atoms with Crippen molar-refractivity contribution in [1.29, 1.82) is 0 Å². The summed E-state index contributed by atoms with van der Waals surface area (Å²) < 4.78 is 5.12. The molecule has 2 rings (SSSR count). The van der Waals surface area contributed by atoms with Crippen LogP contribution in [-0.2, 0) is 6.54 Å². The molecule has 0 aliphatic carbocycles. The molecule has 0 saturated heterocycles. The minimum Gasteiger partial charge on any atom is -0.504 e. The summed E-state index contributed by atoms with van der Waals surface area (Å²) in [6.07, 6.45) is 1.90. The van der Waals surface area contributed by atoms with Crippen LogP contribution in [0.5, 0.6) is 11.5 Å². The summed E-state index contributed by atoms with van der Waals surface area (Å²) >= 11 is 1.70. The maximum Gasteiger partial charge on any atom is 0.160 e. The summed E-state index contributed by atoms with van der Waals surface area (Å²) in [6.45, 7) is 4.87. The van der Waals surface area contributed by atoms with E-state index in [-0.39, 0.29) is 11.8 Å². The Morgan fingerprint density at radius 2 is 2.26 bits per heavy atom. The molecule has 2 aromatic rings. The van der Waals surface area contributed by atoms with Gasteiger partial charge in [-0.3, -0.25) is 0 Å². The zero-order chi connectivity index (χ0) is 13.8. The number of methoxy groups -OCH3 is 1. The first kappa shape index (κ1) is 13.8. The summed E-state index contributed by atoms with van der Waals surface area (Å²) in [5, 5.41) is 14.1. The number of phenolic OH excluding ortho intramolecular Hbond substituents is 1. The van der Waals surface area contributed by atoms with Crippen LogP contribution in [0.2, 0.25) is 0 Å².